The molecule has 0 aliphatic rings. The Kier molecular flexibility index (Phi) is 9.12. The number of hydrogen-bond donors (Lipinski definition) is 0. The fourth-order valence-corrected chi connectivity index (χ4v) is 5.13. The summed E-state index contributed by atoms with van der Waals surface area (Å²) in [7, 11) is -2.32. The molecule has 0 aliphatic carbocycles. The van der Waals surface area contributed by atoms with Gasteiger partial charge in [-0.25, -0.2) is 22.3 Å². The molecule has 37 heavy (non-hydrogen) atoms. The van der Waals surface area contributed by atoms with Crippen molar-refractivity contribution in [3.05, 3.63) is 112 Å². The maximum Gasteiger partial charge on any atom is 0.355 e. The van der Waals surface area contributed by atoms with Crippen molar-refractivity contribution in [3.8, 4) is 11.8 Å². The minimum Gasteiger partial charge on any atom is -0.466 e. The second-order valence-corrected chi connectivity index (χ2v) is 9.94. The van der Waals surface area contributed by atoms with Gasteiger partial charge in [0, 0.05) is 16.1 Å². The van der Waals surface area contributed by atoms with Crippen LogP contribution in [0.1, 0.15) is 22.7 Å². The first-order chi connectivity index (χ1) is 17.7. The predicted molar refractivity (Wildman–Crippen MR) is 140 cm³/mol. The molecule has 0 N–H and O–H groups in total. The van der Waals surface area contributed by atoms with Gasteiger partial charge in [-0.3, -0.25) is 0 Å². The average molecular weight is 538 g/mol. The van der Waals surface area contributed by atoms with E-state index in [1.54, 1.807) is 60.7 Å². The highest BCUT2D eigenvalue weighted by molar-refractivity contribution is 7.89. The molecule has 3 rings (SSSR count). The van der Waals surface area contributed by atoms with Crippen LogP contribution in [0.2, 0.25) is 5.02 Å². The van der Waals surface area contributed by atoms with Gasteiger partial charge in [-0.15, -0.1) is 0 Å². The highest BCUT2D eigenvalue weighted by Crippen LogP contribution is 2.35. The molecule has 9 heteroatoms. The highest BCUT2D eigenvalue weighted by atomic mass is 35.5. The first-order valence-electron chi connectivity index (χ1n) is 11.0. The van der Waals surface area contributed by atoms with Crippen molar-refractivity contribution in [1.82, 2.24) is 4.31 Å². The summed E-state index contributed by atoms with van der Waals surface area (Å²) >= 11 is 6.50. The number of aryl methyl sites for hydroxylation is 1. The molecule has 0 bridgehead atoms. The molecular weight excluding hydrogens is 514 g/mol. The summed E-state index contributed by atoms with van der Waals surface area (Å²) < 4.78 is 38.6. The smallest absolute Gasteiger partial charge is 0.355 e. The first kappa shape index (κ1) is 27.5. The fraction of sp³-hybridized carbons (Fsp3) is 0.143. The Labute approximate surface area is 221 Å². The summed E-state index contributed by atoms with van der Waals surface area (Å²) in [5.41, 5.74) is 1.13. The van der Waals surface area contributed by atoms with Crippen molar-refractivity contribution < 1.29 is 27.5 Å². The zero-order valence-electron chi connectivity index (χ0n) is 20.3. The average Bonchev–Trinajstić information content (AvgIpc) is 2.90. The Bertz CT molecular complexity index is 1470. The van der Waals surface area contributed by atoms with Crippen LogP contribution >= 0.6 is 11.6 Å². The van der Waals surface area contributed by atoms with E-state index in [1.165, 1.54) is 12.1 Å². The maximum atomic E-state index is 14.1. The van der Waals surface area contributed by atoms with Gasteiger partial charge in [-0.2, -0.15) is 0 Å². The summed E-state index contributed by atoms with van der Waals surface area (Å²) in [5, 5.41) is 0.209. The predicted octanol–water partition coefficient (Wildman–Crippen LogP) is 4.66. The molecule has 7 nitrogen and oxygen atoms in total. The lowest BCUT2D eigenvalue weighted by Crippen LogP contribution is -2.38. The molecule has 1 atom stereocenters. The Balaban J connectivity index is 2.39. The third kappa shape index (κ3) is 6.58. The third-order valence-corrected chi connectivity index (χ3v) is 7.36. The Morgan fingerprint density at radius 1 is 0.919 bits per heavy atom. The second-order valence-electron chi connectivity index (χ2n) is 7.72. The number of benzene rings is 3. The summed E-state index contributed by atoms with van der Waals surface area (Å²) in [6.07, 6.45) is 0.756. The minimum absolute atomic E-state index is 0.128. The third-order valence-electron chi connectivity index (χ3n) is 5.23. The van der Waals surface area contributed by atoms with Crippen LogP contribution in [0.4, 0.5) is 0 Å². The normalized spacial score (nSPS) is 12.1. The van der Waals surface area contributed by atoms with Crippen molar-refractivity contribution in [2.45, 2.75) is 17.9 Å². The number of esters is 2. The van der Waals surface area contributed by atoms with Crippen molar-refractivity contribution in [1.29, 1.82) is 0 Å². The van der Waals surface area contributed by atoms with Gasteiger partial charge < -0.3 is 9.47 Å². The number of sulfonamides is 1. The lowest BCUT2D eigenvalue weighted by Gasteiger charge is -2.31. The number of carbonyl (C=O) groups is 2. The Hall–Kier alpha value is -4.06. The van der Waals surface area contributed by atoms with Gasteiger partial charge in [-0.1, -0.05) is 77.5 Å². The van der Waals surface area contributed by atoms with E-state index in [-0.39, 0.29) is 9.92 Å². The van der Waals surface area contributed by atoms with E-state index in [1.807, 2.05) is 13.0 Å². The second kappa shape index (κ2) is 12.3. The quantitative estimate of drug-likeness (QED) is 0.247. The lowest BCUT2D eigenvalue weighted by molar-refractivity contribution is -0.139. The van der Waals surface area contributed by atoms with E-state index >= 15 is 0 Å². The molecule has 0 radical (unpaired) electrons. The molecular formula is C28H24ClNO6S. The van der Waals surface area contributed by atoms with Gasteiger partial charge in [0.2, 0.25) is 0 Å². The van der Waals surface area contributed by atoms with Crippen LogP contribution in [-0.2, 0) is 29.1 Å². The number of hydrogen-bond acceptors (Lipinski definition) is 6. The topological polar surface area (TPSA) is 90.0 Å². The molecule has 0 aliphatic heterocycles. The number of ether oxygens (including phenoxy) is 2. The van der Waals surface area contributed by atoms with Gasteiger partial charge in [0.1, 0.15) is 11.7 Å². The highest BCUT2D eigenvalue weighted by Gasteiger charge is 2.38. The molecule has 1 unspecified atom stereocenters. The van der Waals surface area contributed by atoms with Gasteiger partial charge in [-0.05, 0) is 37.3 Å². The number of halogens is 1. The Morgan fingerprint density at radius 3 is 2.14 bits per heavy atom. The molecule has 0 amide bonds. The van der Waals surface area contributed by atoms with Gasteiger partial charge in [0.05, 0.1) is 25.2 Å². The Morgan fingerprint density at radius 2 is 1.54 bits per heavy atom. The van der Waals surface area contributed by atoms with Crippen LogP contribution in [0, 0.1) is 18.8 Å². The van der Waals surface area contributed by atoms with E-state index in [9.17, 15) is 18.0 Å². The van der Waals surface area contributed by atoms with E-state index in [2.05, 4.69) is 11.8 Å². The molecule has 0 spiro atoms. The number of rotatable bonds is 7. The molecule has 0 saturated heterocycles. The summed E-state index contributed by atoms with van der Waals surface area (Å²) in [4.78, 5) is 25.1. The molecule has 190 valence electrons. The summed E-state index contributed by atoms with van der Waals surface area (Å²) in [6.45, 7) is 1.81. The largest absolute Gasteiger partial charge is 0.466 e. The van der Waals surface area contributed by atoms with Gasteiger partial charge >= 0.3 is 11.9 Å². The number of methoxy groups -OCH3 is 2. The first-order valence-corrected chi connectivity index (χ1v) is 12.8. The van der Waals surface area contributed by atoms with Crippen molar-refractivity contribution in [2.24, 2.45) is 0 Å². The number of carbonyl (C=O) groups excluding carboxylic acids is 2. The van der Waals surface area contributed by atoms with Crippen molar-refractivity contribution >= 4 is 33.6 Å². The SMILES string of the molecule is COC(=O)/C=C(\C(=O)OC)N(C(C#Cc1ccccc1)c1ccccc1Cl)S(=O)(=O)c1ccc(C)cc1. The van der Waals surface area contributed by atoms with Crippen LogP contribution in [0.5, 0.6) is 0 Å². The van der Waals surface area contributed by atoms with Crippen LogP contribution in [0.3, 0.4) is 0 Å². The molecule has 0 fully saturated rings. The van der Waals surface area contributed by atoms with E-state index in [4.69, 9.17) is 21.1 Å². The van der Waals surface area contributed by atoms with E-state index in [0.717, 1.165) is 30.2 Å². The monoisotopic (exact) mass is 537 g/mol. The maximum absolute atomic E-state index is 14.1. The minimum atomic E-state index is -4.50. The van der Waals surface area contributed by atoms with Gasteiger partial charge in [0.15, 0.2) is 0 Å². The van der Waals surface area contributed by atoms with Crippen LogP contribution < -0.4 is 0 Å². The molecule has 0 saturated carbocycles. The zero-order chi connectivity index (χ0) is 27.0. The van der Waals surface area contributed by atoms with E-state index in [0.29, 0.717) is 11.1 Å². The zero-order valence-corrected chi connectivity index (χ0v) is 21.9. The molecule has 3 aromatic carbocycles. The van der Waals surface area contributed by atoms with Crippen LogP contribution in [0.25, 0.3) is 0 Å². The summed E-state index contributed by atoms with van der Waals surface area (Å²) in [6, 6.07) is 20.1. The van der Waals surface area contributed by atoms with Crippen LogP contribution in [-0.4, -0.2) is 38.9 Å². The summed E-state index contributed by atoms with van der Waals surface area (Å²) in [5.74, 6) is 3.85. The number of nitrogens with zero attached hydrogens (tertiary/aromatic N) is 1. The standard InChI is InChI=1S/C28H24ClNO6S/c1-20-13-16-22(17-14-20)37(33,34)30(26(28(32)36-3)19-27(31)35-2)25(23-11-7-8-12-24(23)29)18-15-21-9-5-4-6-10-21/h4-14,16-17,19,25H,1-3H3/b26-19+. The van der Waals surface area contributed by atoms with Gasteiger partial charge in [0.25, 0.3) is 10.0 Å². The lowest BCUT2D eigenvalue weighted by atomic mass is 10.1. The van der Waals surface area contributed by atoms with Crippen molar-refractivity contribution in [3.63, 3.8) is 0 Å². The molecule has 0 aromatic heterocycles. The fourth-order valence-electron chi connectivity index (χ4n) is 3.35. The van der Waals surface area contributed by atoms with Crippen LogP contribution in [0.15, 0.2) is 95.5 Å². The molecule has 0 heterocycles. The van der Waals surface area contributed by atoms with Crippen molar-refractivity contribution in [2.75, 3.05) is 14.2 Å². The molecule has 3 aromatic rings. The van der Waals surface area contributed by atoms with E-state index < -0.39 is 33.7 Å².